The summed E-state index contributed by atoms with van der Waals surface area (Å²) < 4.78 is 0. The molecule has 0 saturated carbocycles. The number of amides is 2. The van der Waals surface area contributed by atoms with Gasteiger partial charge in [-0.05, 0) is 6.92 Å². The van der Waals surface area contributed by atoms with E-state index in [0.717, 1.165) is 5.06 Å². The molecule has 0 unspecified atom stereocenters. The van der Waals surface area contributed by atoms with E-state index in [4.69, 9.17) is 5.11 Å². The minimum absolute atomic E-state index is 0.445. The summed E-state index contributed by atoms with van der Waals surface area (Å²) in [6, 6.07) is -0.799. The molecule has 70 valence electrons. The first kappa shape index (κ1) is 10.7. The second-order valence-electron chi connectivity index (χ2n) is 2.19. The van der Waals surface area contributed by atoms with E-state index < -0.39 is 18.0 Å². The molecule has 2 N–H and O–H groups in total. The lowest BCUT2D eigenvalue weighted by Gasteiger charge is -2.18. The highest BCUT2D eigenvalue weighted by molar-refractivity contribution is 5.83. The topological polar surface area (TPSA) is 78.9 Å². The minimum atomic E-state index is -1.24. The highest BCUT2D eigenvalue weighted by Crippen LogP contribution is 1.90. The zero-order valence-electron chi connectivity index (χ0n) is 7.20. The van der Waals surface area contributed by atoms with Crippen molar-refractivity contribution in [2.45, 2.75) is 13.0 Å². The minimum Gasteiger partial charge on any atom is -0.465 e. The molecule has 0 aromatic carbocycles. The van der Waals surface area contributed by atoms with Crippen molar-refractivity contribution in [2.24, 2.45) is 0 Å². The van der Waals surface area contributed by atoms with E-state index in [1.807, 2.05) is 5.32 Å². The van der Waals surface area contributed by atoms with Crippen LogP contribution in [0.15, 0.2) is 0 Å². The zero-order chi connectivity index (χ0) is 9.72. The maximum atomic E-state index is 11.1. The first-order valence-electron chi connectivity index (χ1n) is 3.30. The fraction of sp³-hybridized carbons (Fsp3) is 0.667. The molecule has 0 aliphatic carbocycles. The second-order valence-corrected chi connectivity index (χ2v) is 2.19. The number of hydrogen-bond acceptors (Lipinski definition) is 3. The monoisotopic (exact) mass is 176 g/mol. The number of carboxylic acid groups (broad SMARTS) is 1. The van der Waals surface area contributed by atoms with Gasteiger partial charge in [-0.25, -0.2) is 9.86 Å². The van der Waals surface area contributed by atoms with Crippen LogP contribution in [0.5, 0.6) is 0 Å². The molecule has 0 aliphatic rings. The highest BCUT2D eigenvalue weighted by Gasteiger charge is 2.18. The predicted octanol–water partition coefficient (Wildman–Crippen LogP) is -0.338. The Morgan fingerprint density at radius 1 is 1.58 bits per heavy atom. The van der Waals surface area contributed by atoms with E-state index >= 15 is 0 Å². The Morgan fingerprint density at radius 3 is 2.42 bits per heavy atom. The average Bonchev–Trinajstić information content (AvgIpc) is 2.00. The van der Waals surface area contributed by atoms with Crippen LogP contribution in [0.25, 0.3) is 0 Å². The van der Waals surface area contributed by atoms with Crippen molar-refractivity contribution < 1.29 is 19.5 Å². The van der Waals surface area contributed by atoms with Crippen LogP contribution in [-0.2, 0) is 9.63 Å². The lowest BCUT2D eigenvalue weighted by Crippen LogP contribution is -2.44. The van der Waals surface area contributed by atoms with E-state index in [9.17, 15) is 9.59 Å². The lowest BCUT2D eigenvalue weighted by atomic mass is 10.3. The van der Waals surface area contributed by atoms with Crippen LogP contribution in [0.1, 0.15) is 6.92 Å². The van der Waals surface area contributed by atoms with E-state index in [2.05, 4.69) is 4.84 Å². The summed E-state index contributed by atoms with van der Waals surface area (Å²) >= 11 is 0. The third-order valence-corrected chi connectivity index (χ3v) is 1.29. The van der Waals surface area contributed by atoms with Crippen molar-refractivity contribution >= 4 is 12.0 Å². The molecule has 0 aromatic rings. The van der Waals surface area contributed by atoms with Crippen molar-refractivity contribution in [1.29, 1.82) is 0 Å². The Hall–Kier alpha value is -1.30. The molecule has 0 fully saturated rings. The summed E-state index contributed by atoms with van der Waals surface area (Å²) in [6.07, 6.45) is -1.24. The first-order chi connectivity index (χ1) is 5.49. The number of nitrogens with one attached hydrogen (secondary N) is 1. The molecule has 2 amide bonds. The Morgan fingerprint density at radius 2 is 2.08 bits per heavy atom. The fourth-order valence-corrected chi connectivity index (χ4v) is 0.610. The third kappa shape index (κ3) is 3.20. The molecule has 0 radical (unpaired) electrons. The maximum absolute atomic E-state index is 11.1. The van der Waals surface area contributed by atoms with Gasteiger partial charge in [0.05, 0.1) is 7.11 Å². The Balaban J connectivity index is 4.01. The molecule has 0 saturated heterocycles. The molecule has 1 atom stereocenters. The Labute approximate surface area is 70.1 Å². The van der Waals surface area contributed by atoms with Gasteiger partial charge in [0, 0.05) is 7.05 Å². The van der Waals surface area contributed by atoms with Crippen molar-refractivity contribution in [1.82, 2.24) is 10.4 Å². The zero-order valence-corrected chi connectivity index (χ0v) is 7.20. The molecule has 6 heteroatoms. The van der Waals surface area contributed by atoms with Crippen LogP contribution in [0, 0.1) is 0 Å². The Bertz CT molecular complexity index is 182. The Kier molecular flexibility index (Phi) is 4.06. The molecule has 0 bridgehead atoms. The molecular weight excluding hydrogens is 164 g/mol. The second kappa shape index (κ2) is 4.55. The van der Waals surface area contributed by atoms with Gasteiger partial charge in [0.1, 0.15) is 6.04 Å². The summed E-state index contributed by atoms with van der Waals surface area (Å²) in [5, 5.41) is 11.2. The number of hydrogen-bond donors (Lipinski definition) is 2. The van der Waals surface area contributed by atoms with Gasteiger partial charge in [0.25, 0.3) is 5.91 Å². The van der Waals surface area contributed by atoms with Crippen LogP contribution in [0.4, 0.5) is 4.79 Å². The number of nitrogens with zero attached hydrogens (tertiary/aromatic N) is 1. The van der Waals surface area contributed by atoms with Gasteiger partial charge in [-0.15, -0.1) is 0 Å². The standard InChI is InChI=1S/C6H12N2O4/c1-4(7-6(10)11)5(9)8(2)12-3/h4,7H,1-3H3,(H,10,11)/t4-/m0/s1. The van der Waals surface area contributed by atoms with Crippen molar-refractivity contribution in [3.8, 4) is 0 Å². The van der Waals surface area contributed by atoms with Gasteiger partial charge in [-0.2, -0.15) is 0 Å². The van der Waals surface area contributed by atoms with Gasteiger partial charge < -0.3 is 10.4 Å². The molecule has 0 aliphatic heterocycles. The van der Waals surface area contributed by atoms with Crippen LogP contribution in [0.3, 0.4) is 0 Å². The van der Waals surface area contributed by atoms with Crippen molar-refractivity contribution in [2.75, 3.05) is 14.2 Å². The van der Waals surface area contributed by atoms with Crippen molar-refractivity contribution in [3.63, 3.8) is 0 Å². The summed E-state index contributed by atoms with van der Waals surface area (Å²) in [5.41, 5.74) is 0. The molecule has 0 rings (SSSR count). The smallest absolute Gasteiger partial charge is 0.405 e. The number of carbonyl (C=O) groups is 2. The molecule has 12 heavy (non-hydrogen) atoms. The van der Waals surface area contributed by atoms with Gasteiger partial charge in [-0.3, -0.25) is 9.63 Å². The van der Waals surface area contributed by atoms with Gasteiger partial charge >= 0.3 is 6.09 Å². The van der Waals surface area contributed by atoms with E-state index in [1.54, 1.807) is 0 Å². The van der Waals surface area contributed by atoms with Crippen LogP contribution in [-0.4, -0.2) is 42.4 Å². The summed E-state index contributed by atoms with van der Waals surface area (Å²) in [7, 11) is 2.73. The van der Waals surface area contributed by atoms with Gasteiger partial charge in [-0.1, -0.05) is 0 Å². The van der Waals surface area contributed by atoms with Crippen LogP contribution >= 0.6 is 0 Å². The van der Waals surface area contributed by atoms with Gasteiger partial charge in [0.15, 0.2) is 0 Å². The molecule has 0 aromatic heterocycles. The summed E-state index contributed by atoms with van der Waals surface area (Å²) in [5.74, 6) is -0.445. The van der Waals surface area contributed by atoms with E-state index in [-0.39, 0.29) is 0 Å². The van der Waals surface area contributed by atoms with E-state index in [0.29, 0.717) is 0 Å². The lowest BCUT2D eigenvalue weighted by molar-refractivity contribution is -0.170. The number of rotatable bonds is 3. The third-order valence-electron chi connectivity index (χ3n) is 1.29. The molecule has 6 nitrogen and oxygen atoms in total. The normalized spacial score (nSPS) is 11.9. The van der Waals surface area contributed by atoms with Crippen LogP contribution < -0.4 is 5.32 Å². The first-order valence-corrected chi connectivity index (χ1v) is 3.30. The number of hydroxylamine groups is 2. The summed E-state index contributed by atoms with van der Waals surface area (Å²) in [6.45, 7) is 1.44. The number of carbonyl (C=O) groups excluding carboxylic acids is 1. The maximum Gasteiger partial charge on any atom is 0.405 e. The van der Waals surface area contributed by atoms with Crippen molar-refractivity contribution in [3.05, 3.63) is 0 Å². The molecule has 0 heterocycles. The average molecular weight is 176 g/mol. The van der Waals surface area contributed by atoms with E-state index in [1.165, 1.54) is 21.1 Å². The largest absolute Gasteiger partial charge is 0.465 e. The number of likely N-dealkylation sites (N-methyl/N-ethyl adjacent to an activating group) is 1. The summed E-state index contributed by atoms with van der Waals surface area (Å²) in [4.78, 5) is 25.8. The van der Waals surface area contributed by atoms with Crippen LogP contribution in [0.2, 0.25) is 0 Å². The molecular formula is C6H12N2O4. The van der Waals surface area contributed by atoms with Gasteiger partial charge in [0.2, 0.25) is 0 Å². The SMILES string of the molecule is CON(C)C(=O)[C@H](C)NC(=O)O. The fourth-order valence-electron chi connectivity index (χ4n) is 0.610. The molecule has 0 spiro atoms. The highest BCUT2D eigenvalue weighted by atomic mass is 16.7. The quantitative estimate of drug-likeness (QED) is 0.577. The predicted molar refractivity (Wildman–Crippen MR) is 40.4 cm³/mol.